The zero-order valence-corrected chi connectivity index (χ0v) is 24.1. The van der Waals surface area contributed by atoms with Crippen LogP contribution >= 0.6 is 0 Å². The van der Waals surface area contributed by atoms with Crippen LogP contribution in [0.15, 0.2) is 65.6 Å². The van der Waals surface area contributed by atoms with Gasteiger partial charge < -0.3 is 35.2 Å². The van der Waals surface area contributed by atoms with Crippen LogP contribution in [-0.2, 0) is 0 Å². The van der Waals surface area contributed by atoms with E-state index in [9.17, 15) is 19.8 Å². The number of likely N-dealkylation sites (tertiary alicyclic amines) is 1. The second-order valence-electron chi connectivity index (χ2n) is 10.4. The number of rotatable bonds is 8. The van der Waals surface area contributed by atoms with Crippen LogP contribution in [0.1, 0.15) is 35.7 Å². The minimum atomic E-state index is -1.71. The Hall–Kier alpha value is -4.85. The second-order valence-corrected chi connectivity index (χ2v) is 10.4. The Bertz CT molecular complexity index is 1500. The van der Waals surface area contributed by atoms with Gasteiger partial charge in [0.1, 0.15) is 11.6 Å². The Balaban J connectivity index is 1.81. The fourth-order valence-corrected chi connectivity index (χ4v) is 5.15. The smallest absolute Gasteiger partial charge is 0.407 e. The number of amides is 2. The molecule has 3 unspecified atom stereocenters. The summed E-state index contributed by atoms with van der Waals surface area (Å²) in [5, 5.41) is 28.6. The number of amidine groups is 1. The maximum Gasteiger partial charge on any atom is 0.407 e. The number of hydrogen-bond acceptors (Lipinski definition) is 8. The molecule has 6 N–H and O–H groups in total. The molecule has 2 aliphatic heterocycles. The second kappa shape index (κ2) is 12.6. The standard InChI is InChI=1S/C29H34F2N6O6/c1-15-12-16(10-11-36(15)29(40)41)22-23(30)27(42-19-7-5-6-18(13-19)26(39)35(3)4)37(34-2)28(24(22)31)43-21-14-17(25(32)33)8-9-20(21)38/h5-9,13-16,28,34,38H,10-12H2,1-4H3,(H3,32,33)(H,40,41). The third-order valence-electron chi connectivity index (χ3n) is 7.33. The number of piperidine rings is 1. The summed E-state index contributed by atoms with van der Waals surface area (Å²) in [7, 11) is 4.55. The van der Waals surface area contributed by atoms with Crippen molar-refractivity contribution in [3.8, 4) is 17.2 Å². The lowest BCUT2D eigenvalue weighted by Gasteiger charge is -2.41. The van der Waals surface area contributed by atoms with Gasteiger partial charge in [-0.15, -0.1) is 0 Å². The van der Waals surface area contributed by atoms with Crippen LogP contribution in [0.3, 0.4) is 0 Å². The van der Waals surface area contributed by atoms with Gasteiger partial charge in [0.05, 0.1) is 0 Å². The summed E-state index contributed by atoms with van der Waals surface area (Å²) in [4.78, 5) is 26.7. The van der Waals surface area contributed by atoms with Crippen molar-refractivity contribution in [2.75, 3.05) is 27.7 Å². The molecule has 0 radical (unpaired) electrons. The van der Waals surface area contributed by atoms with Crippen LogP contribution in [0.25, 0.3) is 0 Å². The molecule has 0 spiro atoms. The topological polar surface area (TPSA) is 165 Å². The first kappa shape index (κ1) is 31.1. The van der Waals surface area contributed by atoms with Crippen molar-refractivity contribution in [2.45, 2.75) is 32.0 Å². The molecule has 3 atom stereocenters. The van der Waals surface area contributed by atoms with Crippen molar-refractivity contribution in [3.63, 3.8) is 0 Å². The highest BCUT2D eigenvalue weighted by Gasteiger charge is 2.44. The van der Waals surface area contributed by atoms with Crippen LogP contribution in [0, 0.1) is 11.3 Å². The fourth-order valence-electron chi connectivity index (χ4n) is 5.15. The number of halogens is 2. The Labute approximate surface area is 247 Å². The molecule has 2 aromatic carbocycles. The number of nitrogens with zero attached hydrogens (tertiary/aromatic N) is 3. The molecule has 0 bridgehead atoms. The number of phenolic OH excluding ortho intramolecular Hbond substituents is 1. The first-order chi connectivity index (χ1) is 20.3. The lowest BCUT2D eigenvalue weighted by molar-refractivity contribution is -0.0112. The molecule has 230 valence electrons. The summed E-state index contributed by atoms with van der Waals surface area (Å²) in [6.07, 6.45) is -2.58. The minimum Gasteiger partial charge on any atom is -0.504 e. The van der Waals surface area contributed by atoms with Gasteiger partial charge in [-0.1, -0.05) is 6.07 Å². The number of carbonyl (C=O) groups excluding carboxylic acids is 1. The molecule has 43 heavy (non-hydrogen) atoms. The van der Waals surface area contributed by atoms with Crippen LogP contribution in [-0.4, -0.2) is 82.8 Å². The van der Waals surface area contributed by atoms with E-state index in [0.29, 0.717) is 0 Å². The Kier molecular flexibility index (Phi) is 9.09. The zero-order valence-electron chi connectivity index (χ0n) is 24.1. The van der Waals surface area contributed by atoms with Crippen molar-refractivity contribution in [2.24, 2.45) is 11.7 Å². The lowest BCUT2D eigenvalue weighted by Crippen LogP contribution is -2.51. The number of aromatic hydroxyl groups is 1. The van der Waals surface area contributed by atoms with E-state index < -0.39 is 41.8 Å². The first-order valence-corrected chi connectivity index (χ1v) is 13.4. The quantitative estimate of drug-likeness (QED) is 0.224. The number of nitrogen functional groups attached to an aromatic ring is 1. The molecular weight excluding hydrogens is 566 g/mol. The SMILES string of the molecule is CNN1C(Oc2cccc(C(=O)N(C)C)c2)=C(F)C(C2CCN(C(=O)O)C(C)C2)=C(F)C1Oc1cc(C(=N)N)ccc1O. The van der Waals surface area contributed by atoms with Gasteiger partial charge in [-0.05, 0) is 62.1 Å². The van der Waals surface area contributed by atoms with Gasteiger partial charge in [-0.25, -0.2) is 24.0 Å². The molecular formula is C29H34F2N6O6. The number of hydrazine groups is 1. The van der Waals surface area contributed by atoms with Crippen molar-refractivity contribution < 1.29 is 38.1 Å². The Morgan fingerprint density at radius 1 is 1.16 bits per heavy atom. The van der Waals surface area contributed by atoms with Gasteiger partial charge in [0.2, 0.25) is 6.23 Å². The third-order valence-corrected chi connectivity index (χ3v) is 7.33. The molecule has 12 nitrogen and oxygen atoms in total. The molecule has 0 saturated carbocycles. The van der Waals surface area contributed by atoms with Gasteiger partial charge in [-0.3, -0.25) is 10.2 Å². The van der Waals surface area contributed by atoms with Crippen molar-refractivity contribution in [1.29, 1.82) is 5.41 Å². The summed E-state index contributed by atoms with van der Waals surface area (Å²) in [6, 6.07) is 9.36. The highest BCUT2D eigenvalue weighted by molar-refractivity contribution is 5.95. The van der Waals surface area contributed by atoms with Gasteiger partial charge in [0.25, 0.3) is 11.8 Å². The first-order valence-electron chi connectivity index (χ1n) is 13.4. The zero-order chi connectivity index (χ0) is 31.6. The van der Waals surface area contributed by atoms with Crippen LogP contribution < -0.4 is 20.6 Å². The number of benzene rings is 2. The summed E-state index contributed by atoms with van der Waals surface area (Å²) in [5.74, 6) is -4.47. The number of carbonyl (C=O) groups is 2. The van der Waals surface area contributed by atoms with E-state index in [4.69, 9.17) is 20.6 Å². The molecule has 1 fully saturated rings. The maximum atomic E-state index is 16.4. The number of nitrogens with one attached hydrogen (secondary N) is 2. The van der Waals surface area contributed by atoms with E-state index in [1.165, 1.54) is 47.2 Å². The summed E-state index contributed by atoms with van der Waals surface area (Å²) >= 11 is 0. The number of hydrogen-bond donors (Lipinski definition) is 5. The molecule has 2 aromatic rings. The molecule has 2 heterocycles. The predicted octanol–water partition coefficient (Wildman–Crippen LogP) is 3.75. The number of phenols is 1. The van der Waals surface area contributed by atoms with Crippen LogP contribution in [0.4, 0.5) is 13.6 Å². The van der Waals surface area contributed by atoms with Crippen molar-refractivity contribution in [3.05, 3.63) is 76.7 Å². The van der Waals surface area contributed by atoms with E-state index in [2.05, 4.69) is 5.43 Å². The lowest BCUT2D eigenvalue weighted by atomic mass is 9.83. The summed E-state index contributed by atoms with van der Waals surface area (Å²) in [6.45, 7) is 1.71. The number of nitrogens with two attached hydrogens (primary N) is 1. The highest BCUT2D eigenvalue weighted by Crippen LogP contribution is 2.43. The van der Waals surface area contributed by atoms with Gasteiger partial charge >= 0.3 is 6.09 Å². The molecule has 2 aliphatic rings. The molecule has 4 rings (SSSR count). The summed E-state index contributed by atoms with van der Waals surface area (Å²) < 4.78 is 44.7. The van der Waals surface area contributed by atoms with E-state index in [1.807, 2.05) is 0 Å². The molecule has 14 heteroatoms. The van der Waals surface area contributed by atoms with Gasteiger partial charge in [-0.2, -0.15) is 0 Å². The molecule has 0 aromatic heterocycles. The van der Waals surface area contributed by atoms with Gasteiger partial charge in [0, 0.05) is 50.4 Å². The van der Waals surface area contributed by atoms with Crippen molar-refractivity contribution in [1.82, 2.24) is 20.2 Å². The van der Waals surface area contributed by atoms with Crippen LogP contribution in [0.5, 0.6) is 17.2 Å². The number of allylic oxidation sites excluding steroid dienone is 2. The average molecular weight is 601 g/mol. The average Bonchev–Trinajstić information content (AvgIpc) is 2.96. The third kappa shape index (κ3) is 6.33. The minimum absolute atomic E-state index is 0.0544. The number of ether oxygens (including phenoxy) is 2. The Morgan fingerprint density at radius 2 is 1.88 bits per heavy atom. The van der Waals surface area contributed by atoms with Gasteiger partial charge in [0.15, 0.2) is 23.2 Å². The summed E-state index contributed by atoms with van der Waals surface area (Å²) in [5.41, 5.74) is 8.36. The Morgan fingerprint density at radius 3 is 2.49 bits per heavy atom. The van der Waals surface area contributed by atoms with E-state index in [0.717, 1.165) is 5.01 Å². The molecule has 1 saturated heterocycles. The fraction of sp³-hybridized carbons (Fsp3) is 0.345. The predicted molar refractivity (Wildman–Crippen MR) is 153 cm³/mol. The molecule has 0 aliphatic carbocycles. The van der Waals surface area contributed by atoms with Crippen LogP contribution in [0.2, 0.25) is 0 Å². The normalized spacial score (nSPS) is 20.7. The highest BCUT2D eigenvalue weighted by atomic mass is 19.1. The largest absolute Gasteiger partial charge is 0.504 e. The van der Waals surface area contributed by atoms with E-state index in [-0.39, 0.29) is 65.1 Å². The molecule has 2 amide bonds. The van der Waals surface area contributed by atoms with E-state index >= 15 is 8.78 Å². The monoisotopic (exact) mass is 600 g/mol. The maximum absolute atomic E-state index is 16.4. The number of carboxylic acid groups (broad SMARTS) is 1. The van der Waals surface area contributed by atoms with Crippen molar-refractivity contribution >= 4 is 17.8 Å². The van der Waals surface area contributed by atoms with E-state index in [1.54, 1.807) is 33.2 Å².